The molecule has 2 aliphatic heterocycles. The first-order chi connectivity index (χ1) is 10.2. The van der Waals surface area contributed by atoms with E-state index >= 15 is 0 Å². The van der Waals surface area contributed by atoms with Gasteiger partial charge in [0.15, 0.2) is 5.76 Å². The molecule has 1 unspecified atom stereocenters. The second-order valence-electron chi connectivity index (χ2n) is 5.84. The van der Waals surface area contributed by atoms with Crippen LogP contribution in [-0.4, -0.2) is 72.4 Å². The Labute approximate surface area is 124 Å². The first-order valence-electron chi connectivity index (χ1n) is 7.52. The van der Waals surface area contributed by atoms with Crippen LogP contribution in [0.15, 0.2) is 22.8 Å². The molecule has 3 heterocycles. The average Bonchev–Trinajstić information content (AvgIpc) is 3.01. The van der Waals surface area contributed by atoms with E-state index in [0.29, 0.717) is 25.5 Å². The molecule has 1 N–H and O–H groups in total. The monoisotopic (exact) mass is 294 g/mol. The van der Waals surface area contributed by atoms with Crippen molar-refractivity contribution in [3.05, 3.63) is 24.2 Å². The molecule has 6 nitrogen and oxygen atoms in total. The minimum atomic E-state index is -0.298. The van der Waals surface area contributed by atoms with E-state index in [1.807, 2.05) is 4.90 Å². The number of aliphatic hydroxyl groups is 1. The van der Waals surface area contributed by atoms with Gasteiger partial charge in [0.1, 0.15) is 0 Å². The maximum Gasteiger partial charge on any atom is 0.289 e. The summed E-state index contributed by atoms with van der Waals surface area (Å²) >= 11 is 0. The van der Waals surface area contributed by atoms with Gasteiger partial charge < -0.3 is 19.2 Å². The molecule has 0 aliphatic carbocycles. The highest BCUT2D eigenvalue weighted by Crippen LogP contribution is 2.29. The van der Waals surface area contributed by atoms with Gasteiger partial charge in [0.2, 0.25) is 0 Å². The van der Waals surface area contributed by atoms with Crippen LogP contribution in [0.4, 0.5) is 0 Å². The first-order valence-corrected chi connectivity index (χ1v) is 7.52. The lowest BCUT2D eigenvalue weighted by Crippen LogP contribution is -2.60. The Kier molecular flexibility index (Phi) is 4.28. The molecule has 1 spiro atoms. The number of carbonyl (C=O) groups is 1. The highest BCUT2D eigenvalue weighted by Gasteiger charge is 2.42. The molecule has 2 fully saturated rings. The van der Waals surface area contributed by atoms with Gasteiger partial charge in [-0.3, -0.25) is 9.69 Å². The predicted molar refractivity (Wildman–Crippen MR) is 76.1 cm³/mol. The standard InChI is InChI=1S/C15H22N2O4/c18-8-6-16-7-10-21-15(11-16)4-2-5-17(12-15)14(19)13-3-1-9-20-13/h1,3,9,18H,2,4-8,10-12H2. The van der Waals surface area contributed by atoms with Gasteiger partial charge in [0, 0.05) is 26.2 Å². The third-order valence-electron chi connectivity index (χ3n) is 4.30. The lowest BCUT2D eigenvalue weighted by molar-refractivity contribution is -0.136. The van der Waals surface area contributed by atoms with Crippen molar-refractivity contribution in [1.29, 1.82) is 0 Å². The SMILES string of the molecule is O=C(c1ccco1)N1CCCC2(CN(CCO)CCO2)C1. The number of amides is 1. The minimum Gasteiger partial charge on any atom is -0.459 e. The molecule has 0 aromatic carbocycles. The van der Waals surface area contributed by atoms with E-state index in [-0.39, 0.29) is 18.1 Å². The molecule has 0 radical (unpaired) electrons. The average molecular weight is 294 g/mol. The summed E-state index contributed by atoms with van der Waals surface area (Å²) in [4.78, 5) is 16.5. The number of morpholine rings is 1. The van der Waals surface area contributed by atoms with E-state index in [2.05, 4.69) is 4.90 Å². The fourth-order valence-electron chi connectivity index (χ4n) is 3.33. The number of hydrogen-bond acceptors (Lipinski definition) is 5. The van der Waals surface area contributed by atoms with Crippen molar-refractivity contribution < 1.29 is 19.1 Å². The minimum absolute atomic E-state index is 0.0676. The Bertz CT molecular complexity index is 470. The largest absolute Gasteiger partial charge is 0.459 e. The molecule has 0 bridgehead atoms. The molecule has 3 rings (SSSR count). The number of furan rings is 1. The van der Waals surface area contributed by atoms with Gasteiger partial charge in [0.05, 0.1) is 31.6 Å². The fourth-order valence-corrected chi connectivity index (χ4v) is 3.33. The summed E-state index contributed by atoms with van der Waals surface area (Å²) in [5.41, 5.74) is -0.298. The summed E-state index contributed by atoms with van der Waals surface area (Å²) in [5.74, 6) is 0.317. The normalized spacial score (nSPS) is 27.2. The molecule has 1 atom stereocenters. The van der Waals surface area contributed by atoms with Crippen LogP contribution in [0.1, 0.15) is 23.4 Å². The molecule has 1 aromatic heterocycles. The Morgan fingerprint density at radius 3 is 3.05 bits per heavy atom. The van der Waals surface area contributed by atoms with Crippen molar-refractivity contribution >= 4 is 5.91 Å². The van der Waals surface area contributed by atoms with Crippen molar-refractivity contribution in [2.24, 2.45) is 0 Å². The summed E-state index contributed by atoms with van der Waals surface area (Å²) in [6, 6.07) is 3.43. The lowest BCUT2D eigenvalue weighted by Gasteiger charge is -2.47. The summed E-state index contributed by atoms with van der Waals surface area (Å²) in [5, 5.41) is 9.11. The number of β-amino-alcohol motifs (C(OH)–C–C–N with tert-alkyl or cyclic N) is 1. The zero-order chi connectivity index (χ0) is 14.7. The van der Waals surface area contributed by atoms with Crippen molar-refractivity contribution in [3.63, 3.8) is 0 Å². The smallest absolute Gasteiger partial charge is 0.289 e. The van der Waals surface area contributed by atoms with Gasteiger partial charge in [-0.25, -0.2) is 0 Å². The van der Waals surface area contributed by atoms with Gasteiger partial charge in [-0.05, 0) is 25.0 Å². The third kappa shape index (κ3) is 3.12. The Balaban J connectivity index is 1.68. The van der Waals surface area contributed by atoms with E-state index in [1.165, 1.54) is 6.26 Å². The Hall–Kier alpha value is -1.37. The molecule has 1 amide bonds. The van der Waals surface area contributed by atoms with E-state index in [4.69, 9.17) is 14.3 Å². The number of hydrogen-bond donors (Lipinski definition) is 1. The number of ether oxygens (including phenoxy) is 1. The highest BCUT2D eigenvalue weighted by molar-refractivity contribution is 5.91. The molecule has 6 heteroatoms. The molecular weight excluding hydrogens is 272 g/mol. The van der Waals surface area contributed by atoms with Crippen LogP contribution in [0.2, 0.25) is 0 Å². The van der Waals surface area contributed by atoms with Crippen LogP contribution < -0.4 is 0 Å². The van der Waals surface area contributed by atoms with E-state index < -0.39 is 0 Å². The maximum absolute atomic E-state index is 12.4. The summed E-state index contributed by atoms with van der Waals surface area (Å²) in [6.07, 6.45) is 3.41. The van der Waals surface area contributed by atoms with Gasteiger partial charge in [-0.15, -0.1) is 0 Å². The predicted octanol–water partition coefficient (Wildman–Crippen LogP) is 0.579. The van der Waals surface area contributed by atoms with Crippen LogP contribution in [-0.2, 0) is 4.74 Å². The summed E-state index contributed by atoms with van der Waals surface area (Å²) < 4.78 is 11.2. The van der Waals surface area contributed by atoms with Crippen molar-refractivity contribution in [3.8, 4) is 0 Å². The van der Waals surface area contributed by atoms with Crippen molar-refractivity contribution in [2.75, 3.05) is 45.9 Å². The van der Waals surface area contributed by atoms with E-state index in [1.54, 1.807) is 12.1 Å². The number of nitrogens with zero attached hydrogens (tertiary/aromatic N) is 2. The molecule has 0 saturated carbocycles. The molecule has 1 aromatic rings. The topological polar surface area (TPSA) is 66.2 Å². The van der Waals surface area contributed by atoms with Crippen LogP contribution in [0, 0.1) is 0 Å². The summed E-state index contributed by atoms with van der Waals surface area (Å²) in [7, 11) is 0. The van der Waals surface area contributed by atoms with Crippen LogP contribution >= 0.6 is 0 Å². The van der Waals surface area contributed by atoms with Crippen LogP contribution in [0.3, 0.4) is 0 Å². The number of rotatable bonds is 3. The van der Waals surface area contributed by atoms with Gasteiger partial charge in [-0.1, -0.05) is 0 Å². The number of carbonyl (C=O) groups excluding carboxylic acids is 1. The quantitative estimate of drug-likeness (QED) is 0.883. The van der Waals surface area contributed by atoms with Crippen LogP contribution in [0.5, 0.6) is 0 Å². The zero-order valence-electron chi connectivity index (χ0n) is 12.2. The maximum atomic E-state index is 12.4. The van der Waals surface area contributed by atoms with Crippen LogP contribution in [0.25, 0.3) is 0 Å². The third-order valence-corrected chi connectivity index (χ3v) is 4.30. The van der Waals surface area contributed by atoms with Gasteiger partial charge in [0.25, 0.3) is 5.91 Å². The molecule has 2 aliphatic rings. The number of piperidine rings is 1. The van der Waals surface area contributed by atoms with E-state index in [0.717, 1.165) is 32.5 Å². The van der Waals surface area contributed by atoms with Gasteiger partial charge >= 0.3 is 0 Å². The van der Waals surface area contributed by atoms with E-state index in [9.17, 15) is 4.79 Å². The lowest BCUT2D eigenvalue weighted by atomic mass is 9.90. The second-order valence-corrected chi connectivity index (χ2v) is 5.84. The Morgan fingerprint density at radius 2 is 2.29 bits per heavy atom. The fraction of sp³-hybridized carbons (Fsp3) is 0.667. The molecular formula is C15H22N2O4. The Morgan fingerprint density at radius 1 is 1.38 bits per heavy atom. The molecule has 21 heavy (non-hydrogen) atoms. The number of likely N-dealkylation sites (tertiary alicyclic amines) is 1. The molecule has 116 valence electrons. The first kappa shape index (κ1) is 14.6. The van der Waals surface area contributed by atoms with Crippen molar-refractivity contribution in [2.45, 2.75) is 18.4 Å². The highest BCUT2D eigenvalue weighted by atomic mass is 16.5. The van der Waals surface area contributed by atoms with Gasteiger partial charge in [-0.2, -0.15) is 0 Å². The summed E-state index contributed by atoms with van der Waals surface area (Å²) in [6.45, 7) is 4.42. The van der Waals surface area contributed by atoms with Crippen molar-refractivity contribution in [1.82, 2.24) is 9.80 Å². The second kappa shape index (κ2) is 6.17. The molecule has 2 saturated heterocycles. The number of aliphatic hydroxyl groups excluding tert-OH is 1. The zero-order valence-corrected chi connectivity index (χ0v) is 12.2.